The zero-order chi connectivity index (χ0) is 15.8. The quantitative estimate of drug-likeness (QED) is 0.263. The van der Waals surface area contributed by atoms with E-state index in [0.29, 0.717) is 6.61 Å². The average molecular weight is 299 g/mol. The Hall–Kier alpha value is -0.530. The van der Waals surface area contributed by atoms with Gasteiger partial charge < -0.3 is 4.74 Å². The second-order valence-corrected chi connectivity index (χ2v) is 6.56. The van der Waals surface area contributed by atoms with Gasteiger partial charge in [0.1, 0.15) is 0 Å². The Morgan fingerprint density at radius 1 is 0.810 bits per heavy atom. The maximum Gasteiger partial charge on any atom is 0.302 e. The molecule has 0 spiro atoms. The number of carbonyl (C=O) groups is 1. The molecule has 0 N–H and O–H groups in total. The minimum absolute atomic E-state index is 0.154. The van der Waals surface area contributed by atoms with E-state index in [0.717, 1.165) is 12.3 Å². The summed E-state index contributed by atoms with van der Waals surface area (Å²) >= 11 is 0. The Balaban J connectivity index is 3.12. The van der Waals surface area contributed by atoms with E-state index in [1.54, 1.807) is 0 Å². The lowest BCUT2D eigenvalue weighted by Crippen LogP contribution is -2.00. The summed E-state index contributed by atoms with van der Waals surface area (Å²) in [5.41, 5.74) is 0. The van der Waals surface area contributed by atoms with Crippen LogP contribution in [-0.4, -0.2) is 12.6 Å². The van der Waals surface area contributed by atoms with Gasteiger partial charge in [-0.25, -0.2) is 0 Å². The lowest BCUT2D eigenvalue weighted by atomic mass is 9.96. The van der Waals surface area contributed by atoms with Crippen LogP contribution in [0.15, 0.2) is 0 Å². The molecule has 0 fully saturated rings. The summed E-state index contributed by atoms with van der Waals surface area (Å²) in [6.45, 7) is 6.77. The number of carbonyl (C=O) groups excluding carboxylic acids is 1. The van der Waals surface area contributed by atoms with E-state index < -0.39 is 0 Å². The third-order valence-corrected chi connectivity index (χ3v) is 4.20. The van der Waals surface area contributed by atoms with Gasteiger partial charge in [-0.3, -0.25) is 4.79 Å². The Morgan fingerprint density at radius 3 is 1.81 bits per heavy atom. The zero-order valence-electron chi connectivity index (χ0n) is 14.8. The van der Waals surface area contributed by atoms with Crippen molar-refractivity contribution >= 4 is 5.97 Å². The van der Waals surface area contributed by atoms with Crippen LogP contribution in [0.2, 0.25) is 0 Å². The van der Waals surface area contributed by atoms with Crippen molar-refractivity contribution in [3.8, 4) is 0 Å². The molecule has 0 radical (unpaired) electrons. The van der Waals surface area contributed by atoms with Crippen molar-refractivity contribution in [2.24, 2.45) is 5.92 Å². The van der Waals surface area contributed by atoms with Crippen LogP contribution in [0.3, 0.4) is 0 Å². The lowest BCUT2D eigenvalue weighted by Gasteiger charge is -2.10. The molecule has 0 heterocycles. The first-order valence-corrected chi connectivity index (χ1v) is 9.30. The number of ether oxygens (including phenoxy) is 1. The fourth-order valence-corrected chi connectivity index (χ4v) is 2.76. The van der Waals surface area contributed by atoms with Crippen LogP contribution in [0.4, 0.5) is 0 Å². The average Bonchev–Trinajstić information content (AvgIpc) is 2.45. The van der Waals surface area contributed by atoms with Crippen LogP contribution < -0.4 is 0 Å². The molecule has 2 heteroatoms. The molecule has 0 aliphatic rings. The Bertz CT molecular complexity index is 226. The minimum atomic E-state index is -0.154. The van der Waals surface area contributed by atoms with Crippen molar-refractivity contribution in [3.63, 3.8) is 0 Å². The summed E-state index contributed by atoms with van der Waals surface area (Å²) in [7, 11) is 0. The van der Waals surface area contributed by atoms with Gasteiger partial charge in [0.05, 0.1) is 6.61 Å². The standard InChI is InChI=1S/C19H38O2/c1-4-5-6-12-15-18(2)16-13-10-8-7-9-11-14-17-21-19(3)20/h18H,4-17H2,1-3H3. The third kappa shape index (κ3) is 17.4. The van der Waals surface area contributed by atoms with Crippen LogP contribution in [-0.2, 0) is 9.53 Å². The van der Waals surface area contributed by atoms with Gasteiger partial charge >= 0.3 is 5.97 Å². The molecule has 0 saturated carbocycles. The van der Waals surface area contributed by atoms with Gasteiger partial charge in [0.25, 0.3) is 0 Å². The topological polar surface area (TPSA) is 26.3 Å². The zero-order valence-corrected chi connectivity index (χ0v) is 14.8. The summed E-state index contributed by atoms with van der Waals surface area (Å²) in [4.78, 5) is 10.6. The maximum absolute atomic E-state index is 10.6. The Morgan fingerprint density at radius 2 is 1.29 bits per heavy atom. The first-order valence-electron chi connectivity index (χ1n) is 9.30. The molecular formula is C19H38O2. The molecule has 0 amide bonds. The number of esters is 1. The van der Waals surface area contributed by atoms with E-state index >= 15 is 0 Å². The van der Waals surface area contributed by atoms with E-state index in [1.165, 1.54) is 84.0 Å². The molecule has 2 nitrogen and oxygen atoms in total. The Labute approximate surface area is 133 Å². The predicted molar refractivity (Wildman–Crippen MR) is 91.5 cm³/mol. The fraction of sp³-hybridized carbons (Fsp3) is 0.947. The molecule has 0 bridgehead atoms. The normalized spacial score (nSPS) is 12.3. The SMILES string of the molecule is CCCCCCC(C)CCCCCCCCCOC(C)=O. The molecule has 1 atom stereocenters. The van der Waals surface area contributed by atoms with Gasteiger partial charge in [-0.15, -0.1) is 0 Å². The molecule has 0 aromatic carbocycles. The fourth-order valence-electron chi connectivity index (χ4n) is 2.76. The second kappa shape index (κ2) is 15.9. The highest BCUT2D eigenvalue weighted by atomic mass is 16.5. The largest absolute Gasteiger partial charge is 0.466 e. The van der Waals surface area contributed by atoms with E-state index in [-0.39, 0.29) is 5.97 Å². The second-order valence-electron chi connectivity index (χ2n) is 6.56. The lowest BCUT2D eigenvalue weighted by molar-refractivity contribution is -0.141. The van der Waals surface area contributed by atoms with Crippen LogP contribution in [0, 0.1) is 5.92 Å². The summed E-state index contributed by atoms with van der Waals surface area (Å²) in [5, 5.41) is 0. The van der Waals surface area contributed by atoms with Crippen molar-refractivity contribution in [1.82, 2.24) is 0 Å². The third-order valence-electron chi connectivity index (χ3n) is 4.20. The molecule has 0 rings (SSSR count). The highest BCUT2D eigenvalue weighted by Gasteiger charge is 2.01. The van der Waals surface area contributed by atoms with Crippen molar-refractivity contribution in [2.75, 3.05) is 6.61 Å². The van der Waals surface area contributed by atoms with Crippen LogP contribution in [0.1, 0.15) is 104 Å². The molecule has 0 aliphatic heterocycles. The molecule has 1 unspecified atom stereocenters. The Kier molecular flexibility index (Phi) is 15.5. The molecule has 0 aliphatic carbocycles. The smallest absolute Gasteiger partial charge is 0.302 e. The van der Waals surface area contributed by atoms with E-state index in [4.69, 9.17) is 4.74 Å². The minimum Gasteiger partial charge on any atom is -0.466 e. The molecule has 21 heavy (non-hydrogen) atoms. The van der Waals surface area contributed by atoms with Gasteiger partial charge in [-0.1, -0.05) is 90.9 Å². The monoisotopic (exact) mass is 298 g/mol. The van der Waals surface area contributed by atoms with Gasteiger partial charge in [0.2, 0.25) is 0 Å². The molecule has 0 saturated heterocycles. The van der Waals surface area contributed by atoms with Crippen molar-refractivity contribution in [3.05, 3.63) is 0 Å². The molecule has 0 aromatic heterocycles. The first-order chi connectivity index (χ1) is 10.2. The number of rotatable bonds is 15. The van der Waals surface area contributed by atoms with E-state index in [2.05, 4.69) is 13.8 Å². The van der Waals surface area contributed by atoms with Crippen LogP contribution in [0.25, 0.3) is 0 Å². The highest BCUT2D eigenvalue weighted by Crippen LogP contribution is 2.18. The van der Waals surface area contributed by atoms with Crippen LogP contribution >= 0.6 is 0 Å². The van der Waals surface area contributed by atoms with E-state index in [1.807, 2.05) is 0 Å². The number of unbranched alkanes of at least 4 members (excludes halogenated alkanes) is 9. The summed E-state index contributed by atoms with van der Waals surface area (Å²) < 4.78 is 4.92. The van der Waals surface area contributed by atoms with Gasteiger partial charge in [0.15, 0.2) is 0 Å². The summed E-state index contributed by atoms with van der Waals surface area (Å²) in [5.74, 6) is 0.768. The van der Waals surface area contributed by atoms with Gasteiger partial charge in [-0.05, 0) is 12.3 Å². The number of hydrogen-bond acceptors (Lipinski definition) is 2. The molecule has 0 aromatic rings. The predicted octanol–water partition coefficient (Wildman–Crippen LogP) is 6.28. The van der Waals surface area contributed by atoms with Gasteiger partial charge in [0, 0.05) is 6.92 Å². The number of hydrogen-bond donors (Lipinski definition) is 0. The highest BCUT2D eigenvalue weighted by molar-refractivity contribution is 5.65. The van der Waals surface area contributed by atoms with E-state index in [9.17, 15) is 4.79 Å². The summed E-state index contributed by atoms with van der Waals surface area (Å²) in [6, 6.07) is 0. The van der Waals surface area contributed by atoms with Crippen molar-refractivity contribution in [2.45, 2.75) is 104 Å². The maximum atomic E-state index is 10.6. The first kappa shape index (κ1) is 20.5. The molecular weight excluding hydrogens is 260 g/mol. The molecule has 126 valence electrons. The van der Waals surface area contributed by atoms with Crippen molar-refractivity contribution in [1.29, 1.82) is 0 Å². The van der Waals surface area contributed by atoms with Gasteiger partial charge in [-0.2, -0.15) is 0 Å². The summed E-state index contributed by atoms with van der Waals surface area (Å²) in [6.07, 6.45) is 17.5. The van der Waals surface area contributed by atoms with Crippen molar-refractivity contribution < 1.29 is 9.53 Å². The van der Waals surface area contributed by atoms with Crippen LogP contribution in [0.5, 0.6) is 0 Å².